The minimum Gasteiger partial charge on any atom is -0.484 e. The molecule has 13 heteroatoms. The maximum absolute atomic E-state index is 15.2. The number of piperidine rings is 1. The first-order valence-electron chi connectivity index (χ1n) is 15.5. The summed E-state index contributed by atoms with van der Waals surface area (Å²) in [7, 11) is 0. The summed E-state index contributed by atoms with van der Waals surface area (Å²) in [6, 6.07) is 13.5. The van der Waals surface area contributed by atoms with E-state index in [0.717, 1.165) is 25.0 Å². The third-order valence-electron chi connectivity index (χ3n) is 8.74. The van der Waals surface area contributed by atoms with Crippen LogP contribution < -0.4 is 9.47 Å². The van der Waals surface area contributed by atoms with Crippen molar-refractivity contribution in [1.82, 2.24) is 19.4 Å². The van der Waals surface area contributed by atoms with Gasteiger partial charge in [0.15, 0.2) is 17.4 Å². The van der Waals surface area contributed by atoms with E-state index < -0.39 is 23.4 Å². The Labute approximate surface area is 274 Å². The predicted octanol–water partition coefficient (Wildman–Crippen LogP) is 6.13. The van der Waals surface area contributed by atoms with Gasteiger partial charge in [0.1, 0.15) is 35.6 Å². The highest BCUT2D eigenvalue weighted by molar-refractivity contribution is 5.87. The molecule has 246 valence electrons. The number of carboxylic acids is 1. The number of halogens is 3. The second-order valence-corrected chi connectivity index (χ2v) is 12.2. The molecule has 0 atom stereocenters. The number of carbonyl (C=O) groups is 1. The van der Waals surface area contributed by atoms with Crippen LogP contribution >= 0.6 is 0 Å². The standard InChI is InChI=1S/C35H31F3N6O4/c36-25-3-5-32(41-28(25)20-47-30-4-1-23(18-40)16-26(30)37)48-24-7-13-43(14-8-24)19-31-42-34-27(38)15-22(2-6-33(45)46)17-29(34)44(31)21-35(9-10-35)11-12-39/h1-6,15-17,24H,7-11,13-14,19-21H2,(H,45,46)/b6-2+. The fourth-order valence-electron chi connectivity index (χ4n) is 5.90. The maximum Gasteiger partial charge on any atom is 0.328 e. The average molecular weight is 657 g/mol. The third-order valence-corrected chi connectivity index (χ3v) is 8.74. The zero-order valence-electron chi connectivity index (χ0n) is 25.8. The third kappa shape index (κ3) is 7.42. The van der Waals surface area contributed by atoms with Crippen LogP contribution in [-0.4, -0.2) is 49.7 Å². The van der Waals surface area contributed by atoms with Crippen molar-refractivity contribution in [3.8, 4) is 23.8 Å². The van der Waals surface area contributed by atoms with Gasteiger partial charge in [-0.15, -0.1) is 0 Å². The van der Waals surface area contributed by atoms with Crippen LogP contribution in [0.25, 0.3) is 17.1 Å². The van der Waals surface area contributed by atoms with Gasteiger partial charge >= 0.3 is 5.97 Å². The van der Waals surface area contributed by atoms with Gasteiger partial charge in [0.25, 0.3) is 0 Å². The Morgan fingerprint density at radius 2 is 1.83 bits per heavy atom. The quantitative estimate of drug-likeness (QED) is 0.178. The van der Waals surface area contributed by atoms with Crippen molar-refractivity contribution in [2.24, 2.45) is 5.41 Å². The van der Waals surface area contributed by atoms with Crippen molar-refractivity contribution >= 4 is 23.1 Å². The second kappa shape index (κ2) is 13.8. The molecule has 2 aromatic heterocycles. The van der Waals surface area contributed by atoms with Gasteiger partial charge in [-0.25, -0.2) is 27.9 Å². The van der Waals surface area contributed by atoms with Crippen LogP contribution in [0.1, 0.15) is 54.7 Å². The van der Waals surface area contributed by atoms with Gasteiger partial charge in [-0.05, 0) is 73.7 Å². The molecular weight excluding hydrogens is 625 g/mol. The van der Waals surface area contributed by atoms with Gasteiger partial charge in [0.05, 0.1) is 29.8 Å². The van der Waals surface area contributed by atoms with Gasteiger partial charge in [-0.1, -0.05) is 0 Å². The molecule has 2 aromatic carbocycles. The van der Waals surface area contributed by atoms with Gasteiger partial charge in [0.2, 0.25) is 5.88 Å². The molecule has 10 nitrogen and oxygen atoms in total. The van der Waals surface area contributed by atoms with E-state index in [1.54, 1.807) is 6.07 Å². The summed E-state index contributed by atoms with van der Waals surface area (Å²) in [5, 5.41) is 27.4. The Balaban J connectivity index is 1.12. The summed E-state index contributed by atoms with van der Waals surface area (Å²) in [5.74, 6) is -2.30. The molecule has 48 heavy (non-hydrogen) atoms. The number of carboxylic acid groups (broad SMARTS) is 1. The summed E-state index contributed by atoms with van der Waals surface area (Å²) in [5.41, 5.74) is 1.06. The number of rotatable bonds is 12. The average Bonchev–Trinajstić information content (AvgIpc) is 3.75. The number of aromatic nitrogens is 3. The molecule has 0 spiro atoms. The smallest absolute Gasteiger partial charge is 0.328 e. The van der Waals surface area contributed by atoms with E-state index in [1.807, 2.05) is 10.6 Å². The van der Waals surface area contributed by atoms with Crippen molar-refractivity contribution in [3.63, 3.8) is 0 Å². The number of hydrogen-bond acceptors (Lipinski definition) is 8. The lowest BCUT2D eigenvalue weighted by molar-refractivity contribution is -0.131. The zero-order valence-corrected chi connectivity index (χ0v) is 25.8. The van der Waals surface area contributed by atoms with Crippen molar-refractivity contribution < 1.29 is 32.5 Å². The maximum atomic E-state index is 15.2. The molecule has 1 saturated heterocycles. The Hall–Kier alpha value is -5.40. The number of likely N-dealkylation sites (tertiary alicyclic amines) is 1. The first kappa shape index (κ1) is 32.5. The van der Waals surface area contributed by atoms with E-state index in [2.05, 4.69) is 20.9 Å². The Kier molecular flexibility index (Phi) is 9.33. The number of fused-ring (bicyclic) bond motifs is 1. The molecule has 2 fully saturated rings. The number of aliphatic carboxylic acids is 1. The fraction of sp³-hybridized carbons (Fsp3) is 0.343. The topological polar surface area (TPSA) is 137 Å². The lowest BCUT2D eigenvalue weighted by Crippen LogP contribution is -2.38. The molecule has 2 aliphatic rings. The Morgan fingerprint density at radius 3 is 2.52 bits per heavy atom. The van der Waals surface area contributed by atoms with Crippen LogP contribution in [0, 0.1) is 45.5 Å². The first-order chi connectivity index (χ1) is 23.1. The molecule has 4 aromatic rings. The Morgan fingerprint density at radius 1 is 1.04 bits per heavy atom. The number of ether oxygens (including phenoxy) is 2. The lowest BCUT2D eigenvalue weighted by Gasteiger charge is -2.32. The van der Waals surface area contributed by atoms with Crippen LogP contribution in [0.4, 0.5) is 13.2 Å². The predicted molar refractivity (Wildman–Crippen MR) is 167 cm³/mol. The largest absolute Gasteiger partial charge is 0.484 e. The molecule has 1 aliphatic heterocycles. The highest BCUT2D eigenvalue weighted by Gasteiger charge is 2.43. The van der Waals surface area contributed by atoms with Crippen LogP contribution in [0.2, 0.25) is 0 Å². The molecule has 1 saturated carbocycles. The van der Waals surface area contributed by atoms with E-state index in [-0.39, 0.29) is 46.5 Å². The second-order valence-electron chi connectivity index (χ2n) is 12.2. The number of nitriles is 2. The zero-order chi connectivity index (χ0) is 33.8. The summed E-state index contributed by atoms with van der Waals surface area (Å²) >= 11 is 0. The summed E-state index contributed by atoms with van der Waals surface area (Å²) < 4.78 is 57.4. The van der Waals surface area contributed by atoms with Crippen LogP contribution in [-0.2, 0) is 24.5 Å². The molecular formula is C35H31F3N6O4. The highest BCUT2D eigenvalue weighted by atomic mass is 19.1. The van der Waals surface area contributed by atoms with E-state index >= 15 is 4.39 Å². The van der Waals surface area contributed by atoms with E-state index in [0.29, 0.717) is 62.3 Å². The normalized spacial score (nSPS) is 16.1. The lowest BCUT2D eigenvalue weighted by atomic mass is 10.0. The van der Waals surface area contributed by atoms with Gasteiger partial charge in [-0.3, -0.25) is 4.90 Å². The molecule has 1 aliphatic carbocycles. The number of imidazole rings is 1. The molecule has 0 bridgehead atoms. The van der Waals surface area contributed by atoms with Crippen molar-refractivity contribution in [3.05, 3.63) is 88.6 Å². The Bertz CT molecular complexity index is 1970. The molecule has 3 heterocycles. The highest BCUT2D eigenvalue weighted by Crippen LogP contribution is 2.50. The summed E-state index contributed by atoms with van der Waals surface area (Å²) in [6.45, 7) is 1.89. The monoisotopic (exact) mass is 656 g/mol. The van der Waals surface area contributed by atoms with Crippen molar-refractivity contribution in [2.45, 2.75) is 57.9 Å². The number of nitrogens with zero attached hydrogens (tertiary/aromatic N) is 6. The van der Waals surface area contributed by atoms with E-state index in [4.69, 9.17) is 19.8 Å². The SMILES string of the molecule is N#CCC1(Cn2c(CN3CCC(Oc4ccc(F)c(COc5ccc(C#N)cc5F)n4)CC3)nc3c(F)cc(/C=C/C(=O)O)cc32)CC1. The summed E-state index contributed by atoms with van der Waals surface area (Å²) in [6.07, 6.45) is 5.54. The molecule has 0 radical (unpaired) electrons. The van der Waals surface area contributed by atoms with Crippen LogP contribution in [0.15, 0.2) is 48.5 Å². The van der Waals surface area contributed by atoms with Gasteiger partial charge < -0.3 is 19.1 Å². The van der Waals surface area contributed by atoms with Crippen LogP contribution in [0.5, 0.6) is 11.6 Å². The van der Waals surface area contributed by atoms with Gasteiger partial charge in [-0.2, -0.15) is 10.5 Å². The van der Waals surface area contributed by atoms with Crippen molar-refractivity contribution in [2.75, 3.05) is 13.1 Å². The molecule has 0 amide bonds. The minimum absolute atomic E-state index is 0.0497. The van der Waals surface area contributed by atoms with Gasteiger partial charge in [0, 0.05) is 43.6 Å². The van der Waals surface area contributed by atoms with E-state index in [1.165, 1.54) is 36.4 Å². The fourth-order valence-corrected chi connectivity index (χ4v) is 5.90. The number of hydrogen-bond donors (Lipinski definition) is 1. The number of pyridine rings is 1. The van der Waals surface area contributed by atoms with Crippen molar-refractivity contribution in [1.29, 1.82) is 10.5 Å². The van der Waals surface area contributed by atoms with E-state index in [9.17, 15) is 18.8 Å². The molecule has 0 unspecified atom stereocenters. The first-order valence-corrected chi connectivity index (χ1v) is 15.5. The number of benzene rings is 2. The van der Waals surface area contributed by atoms with Crippen LogP contribution in [0.3, 0.4) is 0 Å². The summed E-state index contributed by atoms with van der Waals surface area (Å²) in [4.78, 5) is 22.2. The molecule has 1 N–H and O–H groups in total. The molecule has 6 rings (SSSR count). The minimum atomic E-state index is -1.14.